The van der Waals surface area contributed by atoms with Crippen LogP contribution in [0.5, 0.6) is 0 Å². The van der Waals surface area contributed by atoms with E-state index in [9.17, 15) is 0 Å². The first-order valence-electron chi connectivity index (χ1n) is 5.52. The number of anilines is 1. The summed E-state index contributed by atoms with van der Waals surface area (Å²) in [6.07, 6.45) is 2.88. The summed E-state index contributed by atoms with van der Waals surface area (Å²) >= 11 is 5.13. The fourth-order valence-electron chi connectivity index (χ4n) is 1.45. The Morgan fingerprint density at radius 1 is 1.41 bits per heavy atom. The van der Waals surface area contributed by atoms with Crippen LogP contribution in [0.15, 0.2) is 21.4 Å². The van der Waals surface area contributed by atoms with Crippen LogP contribution in [-0.2, 0) is 0 Å². The Labute approximate surface area is 113 Å². The molecule has 0 amide bonds. The van der Waals surface area contributed by atoms with Gasteiger partial charge in [-0.3, -0.25) is 0 Å². The Morgan fingerprint density at radius 3 is 2.88 bits per heavy atom. The molecule has 0 radical (unpaired) electrons. The molecule has 0 saturated heterocycles. The van der Waals surface area contributed by atoms with Crippen molar-refractivity contribution in [3.05, 3.63) is 27.0 Å². The molecule has 2 aromatic heterocycles. The molecule has 0 bridgehead atoms. The summed E-state index contributed by atoms with van der Waals surface area (Å²) < 4.78 is 0.905. The van der Waals surface area contributed by atoms with Gasteiger partial charge < -0.3 is 5.32 Å². The molecule has 0 unspecified atom stereocenters. The van der Waals surface area contributed by atoms with Crippen LogP contribution in [0.4, 0.5) is 5.82 Å². The second-order valence-corrected chi connectivity index (χ2v) is 5.38. The molecule has 0 fully saturated rings. The van der Waals surface area contributed by atoms with E-state index >= 15 is 0 Å². The van der Waals surface area contributed by atoms with E-state index in [0.29, 0.717) is 0 Å². The van der Waals surface area contributed by atoms with E-state index < -0.39 is 0 Å². The van der Waals surface area contributed by atoms with Gasteiger partial charge in [0.1, 0.15) is 5.82 Å². The molecule has 0 aliphatic rings. The zero-order valence-electron chi connectivity index (χ0n) is 9.83. The summed E-state index contributed by atoms with van der Waals surface area (Å²) in [5.74, 6) is 1.65. The van der Waals surface area contributed by atoms with Crippen molar-refractivity contribution in [3.63, 3.8) is 0 Å². The first-order chi connectivity index (χ1) is 8.22. The summed E-state index contributed by atoms with van der Waals surface area (Å²) in [4.78, 5) is 8.91. The van der Waals surface area contributed by atoms with Gasteiger partial charge in [-0.2, -0.15) is 11.3 Å². The van der Waals surface area contributed by atoms with Crippen molar-refractivity contribution in [2.45, 2.75) is 20.3 Å². The van der Waals surface area contributed by atoms with Gasteiger partial charge >= 0.3 is 0 Å². The molecule has 2 rings (SSSR count). The first-order valence-corrected chi connectivity index (χ1v) is 7.25. The number of aryl methyl sites for hydroxylation is 1. The Hall–Kier alpha value is -0.940. The van der Waals surface area contributed by atoms with Gasteiger partial charge in [-0.15, -0.1) is 0 Å². The molecule has 0 spiro atoms. The highest BCUT2D eigenvalue weighted by Gasteiger charge is 2.09. The smallest absolute Gasteiger partial charge is 0.162 e. The Kier molecular flexibility index (Phi) is 4.12. The standard InChI is InChI=1S/C12H14BrN3S/c1-3-4-14-12-10(13)5-15-11(16-12)9-7-17-6-8(9)2/h5-7H,3-4H2,1-2H3,(H,14,15,16). The monoisotopic (exact) mass is 311 g/mol. The number of nitrogens with one attached hydrogen (secondary N) is 1. The minimum Gasteiger partial charge on any atom is -0.369 e. The number of hydrogen-bond donors (Lipinski definition) is 1. The van der Waals surface area contributed by atoms with E-state index in [1.807, 2.05) is 0 Å². The third-order valence-corrected chi connectivity index (χ3v) is 3.82. The molecule has 0 aromatic carbocycles. The highest BCUT2D eigenvalue weighted by molar-refractivity contribution is 9.10. The van der Waals surface area contributed by atoms with Crippen LogP contribution in [-0.4, -0.2) is 16.5 Å². The van der Waals surface area contributed by atoms with E-state index in [-0.39, 0.29) is 0 Å². The van der Waals surface area contributed by atoms with Crippen molar-refractivity contribution in [1.82, 2.24) is 9.97 Å². The number of halogens is 1. The van der Waals surface area contributed by atoms with Crippen molar-refractivity contribution in [2.75, 3.05) is 11.9 Å². The first kappa shape index (κ1) is 12.5. The lowest BCUT2D eigenvalue weighted by atomic mass is 10.2. The third kappa shape index (κ3) is 2.84. The summed E-state index contributed by atoms with van der Waals surface area (Å²) in [7, 11) is 0. The molecule has 2 aromatic rings. The molecular weight excluding hydrogens is 298 g/mol. The lowest BCUT2D eigenvalue weighted by Gasteiger charge is -2.07. The fraction of sp³-hybridized carbons (Fsp3) is 0.333. The minimum absolute atomic E-state index is 0.783. The molecule has 90 valence electrons. The SMILES string of the molecule is CCCNc1nc(-c2cscc2C)ncc1Br. The van der Waals surface area contributed by atoms with E-state index in [2.05, 4.69) is 55.8 Å². The summed E-state index contributed by atoms with van der Waals surface area (Å²) in [5.41, 5.74) is 2.33. The van der Waals surface area contributed by atoms with Crippen molar-refractivity contribution in [2.24, 2.45) is 0 Å². The van der Waals surface area contributed by atoms with Gasteiger partial charge in [-0.1, -0.05) is 6.92 Å². The zero-order chi connectivity index (χ0) is 12.3. The molecule has 0 atom stereocenters. The van der Waals surface area contributed by atoms with Gasteiger partial charge in [-0.05, 0) is 40.2 Å². The van der Waals surface area contributed by atoms with Gasteiger partial charge in [0, 0.05) is 23.7 Å². The largest absolute Gasteiger partial charge is 0.369 e. The molecule has 1 N–H and O–H groups in total. The quantitative estimate of drug-likeness (QED) is 0.923. The van der Waals surface area contributed by atoms with Crippen LogP contribution in [0.2, 0.25) is 0 Å². The van der Waals surface area contributed by atoms with E-state index in [0.717, 1.165) is 34.6 Å². The highest BCUT2D eigenvalue weighted by atomic mass is 79.9. The minimum atomic E-state index is 0.783. The average Bonchev–Trinajstić information content (AvgIpc) is 2.75. The fourth-order valence-corrected chi connectivity index (χ4v) is 2.61. The molecule has 2 heterocycles. The van der Waals surface area contributed by atoms with E-state index in [4.69, 9.17) is 0 Å². The van der Waals surface area contributed by atoms with E-state index in [1.165, 1.54) is 5.56 Å². The Balaban J connectivity index is 2.34. The van der Waals surface area contributed by atoms with E-state index in [1.54, 1.807) is 17.5 Å². The number of rotatable bonds is 4. The molecule has 0 aliphatic heterocycles. The number of hydrogen-bond acceptors (Lipinski definition) is 4. The maximum atomic E-state index is 4.55. The van der Waals surface area contributed by atoms with Crippen LogP contribution in [0.3, 0.4) is 0 Å². The van der Waals surface area contributed by atoms with Crippen LogP contribution in [0, 0.1) is 6.92 Å². The lowest BCUT2D eigenvalue weighted by molar-refractivity contribution is 0.963. The van der Waals surface area contributed by atoms with Gasteiger partial charge in [0.15, 0.2) is 5.82 Å². The van der Waals surface area contributed by atoms with Crippen LogP contribution < -0.4 is 5.32 Å². The molecular formula is C12H14BrN3S. The predicted molar refractivity (Wildman–Crippen MR) is 76.6 cm³/mol. The number of nitrogens with zero attached hydrogens (tertiary/aromatic N) is 2. The molecule has 0 saturated carbocycles. The second-order valence-electron chi connectivity index (χ2n) is 3.79. The van der Waals surface area contributed by atoms with Gasteiger partial charge in [0.2, 0.25) is 0 Å². The van der Waals surface area contributed by atoms with Crippen LogP contribution >= 0.6 is 27.3 Å². The van der Waals surface area contributed by atoms with Crippen LogP contribution in [0.25, 0.3) is 11.4 Å². The van der Waals surface area contributed by atoms with Crippen LogP contribution in [0.1, 0.15) is 18.9 Å². The topological polar surface area (TPSA) is 37.8 Å². The maximum absolute atomic E-state index is 4.55. The number of thiophene rings is 1. The molecule has 0 aliphatic carbocycles. The van der Waals surface area contributed by atoms with Gasteiger partial charge in [0.05, 0.1) is 4.47 Å². The van der Waals surface area contributed by atoms with Crippen molar-refractivity contribution >= 4 is 33.1 Å². The third-order valence-electron chi connectivity index (χ3n) is 2.38. The van der Waals surface area contributed by atoms with Gasteiger partial charge in [0.25, 0.3) is 0 Å². The predicted octanol–water partition coefficient (Wildman–Crippen LogP) is 4.10. The summed E-state index contributed by atoms with van der Waals surface area (Å²) in [6.45, 7) is 5.13. The van der Waals surface area contributed by atoms with Crippen molar-refractivity contribution in [3.8, 4) is 11.4 Å². The average molecular weight is 312 g/mol. The highest BCUT2D eigenvalue weighted by Crippen LogP contribution is 2.27. The molecule has 17 heavy (non-hydrogen) atoms. The normalized spacial score (nSPS) is 10.5. The number of aromatic nitrogens is 2. The Morgan fingerprint density at radius 2 is 2.24 bits per heavy atom. The zero-order valence-corrected chi connectivity index (χ0v) is 12.2. The van der Waals surface area contributed by atoms with Crippen molar-refractivity contribution < 1.29 is 0 Å². The Bertz CT molecular complexity index is 510. The maximum Gasteiger partial charge on any atom is 0.162 e. The van der Waals surface area contributed by atoms with Gasteiger partial charge in [-0.25, -0.2) is 9.97 Å². The summed E-state index contributed by atoms with van der Waals surface area (Å²) in [5, 5.41) is 7.49. The molecule has 5 heteroatoms. The lowest BCUT2D eigenvalue weighted by Crippen LogP contribution is -2.04. The summed E-state index contributed by atoms with van der Waals surface area (Å²) in [6, 6.07) is 0. The second kappa shape index (κ2) is 5.60. The molecule has 3 nitrogen and oxygen atoms in total. The van der Waals surface area contributed by atoms with Crippen molar-refractivity contribution in [1.29, 1.82) is 0 Å².